The van der Waals surface area contributed by atoms with Crippen molar-refractivity contribution in [2.24, 2.45) is 0 Å². The zero-order valence-corrected chi connectivity index (χ0v) is 9.24. The molecule has 90 valence electrons. The van der Waals surface area contributed by atoms with Gasteiger partial charge in [-0.3, -0.25) is 5.10 Å². The van der Waals surface area contributed by atoms with Crippen LogP contribution in [-0.4, -0.2) is 30.4 Å². The predicted molar refractivity (Wildman–Crippen MR) is 60.6 cm³/mol. The van der Waals surface area contributed by atoms with E-state index in [1.54, 1.807) is 18.2 Å². The molecule has 0 atom stereocenters. The average molecular weight is 243 g/mol. The van der Waals surface area contributed by atoms with Crippen molar-refractivity contribution in [3.8, 4) is 17.4 Å². The zero-order valence-electron chi connectivity index (χ0n) is 9.24. The van der Waals surface area contributed by atoms with Gasteiger partial charge in [-0.2, -0.15) is 10.1 Å². The Morgan fingerprint density at radius 2 is 2.28 bits per heavy atom. The van der Waals surface area contributed by atoms with Gasteiger partial charge in [0.25, 0.3) is 0 Å². The van der Waals surface area contributed by atoms with Crippen LogP contribution in [0.5, 0.6) is 5.75 Å². The Bertz CT molecular complexity index is 647. The average Bonchev–Trinajstić information content (AvgIpc) is 2.98. The number of nitrogens with zero attached hydrogens (tertiary/aromatic N) is 4. The van der Waals surface area contributed by atoms with Gasteiger partial charge in [-0.05, 0) is 17.7 Å². The highest BCUT2D eigenvalue weighted by molar-refractivity contribution is 5.40. The van der Waals surface area contributed by atoms with Crippen LogP contribution >= 0.6 is 0 Å². The third-order valence-electron chi connectivity index (χ3n) is 2.36. The molecule has 0 amide bonds. The normalized spacial score (nSPS) is 10.7. The molecule has 7 nitrogen and oxygen atoms in total. The van der Waals surface area contributed by atoms with Gasteiger partial charge >= 0.3 is 0 Å². The van der Waals surface area contributed by atoms with E-state index in [1.165, 1.54) is 6.33 Å². The molecule has 0 bridgehead atoms. The van der Waals surface area contributed by atoms with Crippen molar-refractivity contribution in [2.75, 3.05) is 0 Å². The van der Waals surface area contributed by atoms with Crippen molar-refractivity contribution in [3.05, 3.63) is 42.0 Å². The summed E-state index contributed by atoms with van der Waals surface area (Å²) in [6, 6.07) is 6.89. The van der Waals surface area contributed by atoms with Gasteiger partial charge in [-0.15, -0.1) is 0 Å². The summed E-state index contributed by atoms with van der Waals surface area (Å²) in [4.78, 5) is 8.11. The van der Waals surface area contributed by atoms with Gasteiger partial charge in [-0.25, -0.2) is 4.98 Å². The van der Waals surface area contributed by atoms with Crippen molar-refractivity contribution >= 4 is 0 Å². The molecule has 0 spiro atoms. The Balaban J connectivity index is 1.82. The van der Waals surface area contributed by atoms with Crippen LogP contribution in [0.4, 0.5) is 0 Å². The minimum atomic E-state index is 0.211. The van der Waals surface area contributed by atoms with Crippen LogP contribution < -0.4 is 0 Å². The van der Waals surface area contributed by atoms with E-state index in [1.807, 2.05) is 6.07 Å². The smallest absolute Gasteiger partial charge is 0.239 e. The van der Waals surface area contributed by atoms with Gasteiger partial charge in [-0.1, -0.05) is 17.3 Å². The molecule has 0 aliphatic carbocycles. The maximum Gasteiger partial charge on any atom is 0.239 e. The molecule has 3 aromatic rings. The lowest BCUT2D eigenvalue weighted by molar-refractivity contribution is 0.385. The fourth-order valence-corrected chi connectivity index (χ4v) is 1.58. The van der Waals surface area contributed by atoms with Crippen molar-refractivity contribution in [3.63, 3.8) is 0 Å². The molecular formula is C11H9N5O2. The number of aromatic nitrogens is 5. The summed E-state index contributed by atoms with van der Waals surface area (Å²) in [7, 11) is 0. The quantitative estimate of drug-likeness (QED) is 0.715. The Morgan fingerprint density at radius 3 is 3.06 bits per heavy atom. The van der Waals surface area contributed by atoms with Gasteiger partial charge in [0.2, 0.25) is 11.7 Å². The van der Waals surface area contributed by atoms with Crippen LogP contribution in [-0.2, 0) is 6.42 Å². The van der Waals surface area contributed by atoms with Crippen LogP contribution in [0.3, 0.4) is 0 Å². The number of nitrogens with one attached hydrogen (secondary N) is 1. The highest BCUT2D eigenvalue weighted by atomic mass is 16.5. The number of hydrogen-bond donors (Lipinski definition) is 2. The predicted octanol–water partition coefficient (Wildman–Crippen LogP) is 1.15. The Labute approximate surface area is 102 Å². The summed E-state index contributed by atoms with van der Waals surface area (Å²) in [5, 5.41) is 19.5. The van der Waals surface area contributed by atoms with Gasteiger partial charge in [0.05, 0.1) is 6.42 Å². The highest BCUT2D eigenvalue weighted by Crippen LogP contribution is 2.15. The van der Waals surface area contributed by atoms with E-state index in [9.17, 15) is 5.11 Å². The molecule has 18 heavy (non-hydrogen) atoms. The molecular weight excluding hydrogens is 234 g/mol. The number of rotatable bonds is 3. The molecule has 7 heteroatoms. The van der Waals surface area contributed by atoms with Gasteiger partial charge in [0, 0.05) is 0 Å². The summed E-state index contributed by atoms with van der Waals surface area (Å²) >= 11 is 0. The van der Waals surface area contributed by atoms with E-state index in [0.29, 0.717) is 24.0 Å². The molecule has 0 fully saturated rings. The van der Waals surface area contributed by atoms with E-state index < -0.39 is 0 Å². The molecule has 0 saturated heterocycles. The minimum Gasteiger partial charge on any atom is -0.508 e. The van der Waals surface area contributed by atoms with Gasteiger partial charge in [0.15, 0.2) is 5.82 Å². The molecule has 0 unspecified atom stereocenters. The third-order valence-corrected chi connectivity index (χ3v) is 2.36. The molecule has 2 aromatic heterocycles. The van der Waals surface area contributed by atoms with Crippen LogP contribution in [0.25, 0.3) is 11.6 Å². The van der Waals surface area contributed by atoms with E-state index in [-0.39, 0.29) is 5.75 Å². The lowest BCUT2D eigenvalue weighted by Crippen LogP contribution is -1.89. The summed E-state index contributed by atoms with van der Waals surface area (Å²) in [5.41, 5.74) is 0.891. The van der Waals surface area contributed by atoms with E-state index >= 15 is 0 Å². The molecule has 2 heterocycles. The lowest BCUT2D eigenvalue weighted by Gasteiger charge is -1.96. The summed E-state index contributed by atoms with van der Waals surface area (Å²) in [5.74, 6) is 1.48. The van der Waals surface area contributed by atoms with Gasteiger partial charge in [0.1, 0.15) is 12.1 Å². The van der Waals surface area contributed by atoms with Crippen LogP contribution in [0.2, 0.25) is 0 Å². The number of aromatic hydroxyl groups is 1. The molecule has 0 aliphatic rings. The number of benzene rings is 1. The number of H-pyrrole nitrogens is 1. The first-order valence-corrected chi connectivity index (χ1v) is 5.27. The molecule has 2 N–H and O–H groups in total. The summed E-state index contributed by atoms with van der Waals surface area (Å²) < 4.78 is 5.10. The van der Waals surface area contributed by atoms with Crippen LogP contribution in [0.1, 0.15) is 11.5 Å². The van der Waals surface area contributed by atoms with Crippen LogP contribution in [0, 0.1) is 0 Å². The third kappa shape index (κ3) is 2.05. The summed E-state index contributed by atoms with van der Waals surface area (Å²) in [6.45, 7) is 0. The maximum absolute atomic E-state index is 9.36. The molecule has 3 rings (SSSR count). The number of hydrogen-bond acceptors (Lipinski definition) is 6. The second-order valence-corrected chi connectivity index (χ2v) is 3.69. The van der Waals surface area contributed by atoms with E-state index in [4.69, 9.17) is 4.52 Å². The molecule has 0 radical (unpaired) electrons. The second kappa shape index (κ2) is 4.28. The Morgan fingerprint density at radius 1 is 1.33 bits per heavy atom. The molecule has 0 aliphatic heterocycles. The largest absolute Gasteiger partial charge is 0.508 e. The SMILES string of the molecule is Oc1cccc(Cc2nc(-c3ncn[nH]3)no2)c1. The Hall–Kier alpha value is -2.70. The van der Waals surface area contributed by atoms with E-state index in [2.05, 4.69) is 25.3 Å². The van der Waals surface area contributed by atoms with E-state index in [0.717, 1.165) is 5.56 Å². The fourth-order valence-electron chi connectivity index (χ4n) is 1.58. The standard InChI is InChI=1S/C11H9N5O2/c17-8-3-1-2-7(4-8)5-9-14-11(16-18-9)10-12-6-13-15-10/h1-4,6,17H,5H2,(H,12,13,15). The maximum atomic E-state index is 9.36. The number of phenols is 1. The van der Waals surface area contributed by atoms with Crippen LogP contribution in [0.15, 0.2) is 35.1 Å². The number of aromatic amines is 1. The minimum absolute atomic E-state index is 0.211. The number of phenolic OH excluding ortho intramolecular Hbond substituents is 1. The van der Waals surface area contributed by atoms with Crippen molar-refractivity contribution in [1.29, 1.82) is 0 Å². The van der Waals surface area contributed by atoms with Crippen molar-refractivity contribution in [2.45, 2.75) is 6.42 Å². The highest BCUT2D eigenvalue weighted by Gasteiger charge is 2.11. The second-order valence-electron chi connectivity index (χ2n) is 3.69. The monoisotopic (exact) mass is 243 g/mol. The van der Waals surface area contributed by atoms with Gasteiger partial charge < -0.3 is 9.63 Å². The first-order valence-electron chi connectivity index (χ1n) is 5.27. The molecule has 1 aromatic carbocycles. The van der Waals surface area contributed by atoms with Crippen molar-refractivity contribution in [1.82, 2.24) is 25.3 Å². The zero-order chi connectivity index (χ0) is 12.4. The van der Waals surface area contributed by atoms with Crippen molar-refractivity contribution < 1.29 is 9.63 Å². The first kappa shape index (κ1) is 10.5. The lowest BCUT2D eigenvalue weighted by atomic mass is 10.1. The first-order chi connectivity index (χ1) is 8.81. The summed E-state index contributed by atoms with van der Waals surface area (Å²) in [6.07, 6.45) is 1.83. The fraction of sp³-hybridized carbons (Fsp3) is 0.0909. The topological polar surface area (TPSA) is 101 Å². The molecule has 0 saturated carbocycles. The Kier molecular flexibility index (Phi) is 2.49.